The molecule has 1 amide bonds. The molecule has 0 aliphatic rings. The maximum absolute atomic E-state index is 12.6. The van der Waals surface area contributed by atoms with E-state index in [-0.39, 0.29) is 5.91 Å². The highest BCUT2D eigenvalue weighted by atomic mass is 16.2. The predicted molar refractivity (Wildman–Crippen MR) is 86.3 cm³/mol. The predicted octanol–water partition coefficient (Wildman–Crippen LogP) is 2.64. The number of rotatable bonds is 6. The van der Waals surface area contributed by atoms with Crippen LogP contribution in [0.15, 0.2) is 54.6 Å². The molecular formula is C18H22N2O. The number of nitrogens with two attached hydrogens (primary N) is 1. The van der Waals surface area contributed by atoms with Crippen LogP contribution in [0.3, 0.4) is 0 Å². The van der Waals surface area contributed by atoms with Crippen molar-refractivity contribution in [3.8, 4) is 0 Å². The summed E-state index contributed by atoms with van der Waals surface area (Å²) in [7, 11) is 0. The molecule has 21 heavy (non-hydrogen) atoms. The van der Waals surface area contributed by atoms with Crippen LogP contribution in [0, 0.1) is 6.92 Å². The third-order valence-corrected chi connectivity index (χ3v) is 3.57. The summed E-state index contributed by atoms with van der Waals surface area (Å²) in [5, 5.41) is 0. The van der Waals surface area contributed by atoms with Gasteiger partial charge in [0.15, 0.2) is 0 Å². The lowest BCUT2D eigenvalue weighted by atomic mass is 10.1. The van der Waals surface area contributed by atoms with Gasteiger partial charge in [-0.15, -0.1) is 0 Å². The molecule has 0 fully saturated rings. The molecule has 2 rings (SSSR count). The summed E-state index contributed by atoms with van der Waals surface area (Å²) in [6.07, 6.45) is 0.846. The van der Waals surface area contributed by atoms with E-state index in [1.54, 1.807) is 0 Å². The molecule has 0 aliphatic heterocycles. The van der Waals surface area contributed by atoms with Crippen molar-refractivity contribution >= 4 is 5.91 Å². The van der Waals surface area contributed by atoms with Gasteiger partial charge in [-0.2, -0.15) is 0 Å². The number of hydrogen-bond acceptors (Lipinski definition) is 2. The minimum Gasteiger partial charge on any atom is -0.337 e. The fourth-order valence-corrected chi connectivity index (χ4v) is 2.36. The average Bonchev–Trinajstić information content (AvgIpc) is 2.52. The Morgan fingerprint density at radius 2 is 1.67 bits per heavy atom. The molecule has 0 atom stereocenters. The van der Waals surface area contributed by atoms with Crippen LogP contribution in [0.5, 0.6) is 0 Å². The van der Waals surface area contributed by atoms with Crippen molar-refractivity contribution in [2.24, 2.45) is 5.73 Å². The van der Waals surface area contributed by atoms with Crippen molar-refractivity contribution < 1.29 is 4.79 Å². The summed E-state index contributed by atoms with van der Waals surface area (Å²) < 4.78 is 0. The second-order valence-corrected chi connectivity index (χ2v) is 5.13. The summed E-state index contributed by atoms with van der Waals surface area (Å²) in [6, 6.07) is 17.9. The maximum Gasteiger partial charge on any atom is 0.254 e. The minimum absolute atomic E-state index is 0.0643. The Hall–Kier alpha value is -2.13. The molecule has 2 aromatic carbocycles. The standard InChI is InChI=1S/C18H22N2O/c1-15-7-5-6-10-17(15)18(21)20(14-12-19)13-11-16-8-3-2-4-9-16/h2-10H,11-14,19H2,1H3. The van der Waals surface area contributed by atoms with Crippen LogP contribution >= 0.6 is 0 Å². The van der Waals surface area contributed by atoms with Crippen molar-refractivity contribution in [2.75, 3.05) is 19.6 Å². The summed E-state index contributed by atoms with van der Waals surface area (Å²) >= 11 is 0. The number of hydrogen-bond donors (Lipinski definition) is 1. The lowest BCUT2D eigenvalue weighted by Crippen LogP contribution is -2.37. The Morgan fingerprint density at radius 1 is 1.00 bits per heavy atom. The number of carbonyl (C=O) groups excluding carboxylic acids is 1. The topological polar surface area (TPSA) is 46.3 Å². The number of aryl methyl sites for hydroxylation is 1. The van der Waals surface area contributed by atoms with Gasteiger partial charge in [0, 0.05) is 25.2 Å². The van der Waals surface area contributed by atoms with Gasteiger partial charge in [-0.3, -0.25) is 4.79 Å². The number of carbonyl (C=O) groups is 1. The van der Waals surface area contributed by atoms with Crippen molar-refractivity contribution in [1.29, 1.82) is 0 Å². The van der Waals surface area contributed by atoms with E-state index in [0.717, 1.165) is 17.5 Å². The highest BCUT2D eigenvalue weighted by Gasteiger charge is 2.16. The van der Waals surface area contributed by atoms with E-state index in [9.17, 15) is 4.79 Å². The lowest BCUT2D eigenvalue weighted by Gasteiger charge is -2.23. The normalized spacial score (nSPS) is 10.4. The van der Waals surface area contributed by atoms with E-state index in [4.69, 9.17) is 5.73 Å². The molecule has 3 nitrogen and oxygen atoms in total. The van der Waals surface area contributed by atoms with E-state index < -0.39 is 0 Å². The molecule has 0 aliphatic carbocycles. The highest BCUT2D eigenvalue weighted by molar-refractivity contribution is 5.95. The van der Waals surface area contributed by atoms with Gasteiger partial charge < -0.3 is 10.6 Å². The van der Waals surface area contributed by atoms with Crippen LogP contribution in [0.1, 0.15) is 21.5 Å². The van der Waals surface area contributed by atoms with E-state index >= 15 is 0 Å². The molecule has 0 aromatic heterocycles. The van der Waals surface area contributed by atoms with Crippen molar-refractivity contribution in [1.82, 2.24) is 4.90 Å². The monoisotopic (exact) mass is 282 g/mol. The van der Waals surface area contributed by atoms with E-state index in [0.29, 0.717) is 19.6 Å². The van der Waals surface area contributed by atoms with Gasteiger partial charge in [0.25, 0.3) is 5.91 Å². The van der Waals surface area contributed by atoms with Gasteiger partial charge in [-0.25, -0.2) is 0 Å². The molecule has 3 heteroatoms. The van der Waals surface area contributed by atoms with Crippen LogP contribution in [-0.2, 0) is 6.42 Å². The third kappa shape index (κ3) is 4.17. The number of benzene rings is 2. The van der Waals surface area contributed by atoms with Gasteiger partial charge in [0.1, 0.15) is 0 Å². The van der Waals surface area contributed by atoms with Gasteiger partial charge in [0.05, 0.1) is 0 Å². The maximum atomic E-state index is 12.6. The van der Waals surface area contributed by atoms with E-state index in [2.05, 4.69) is 12.1 Å². The van der Waals surface area contributed by atoms with E-state index in [1.807, 2.05) is 54.3 Å². The fourth-order valence-electron chi connectivity index (χ4n) is 2.36. The van der Waals surface area contributed by atoms with Crippen LogP contribution < -0.4 is 5.73 Å². The smallest absolute Gasteiger partial charge is 0.254 e. The van der Waals surface area contributed by atoms with Gasteiger partial charge in [-0.1, -0.05) is 48.5 Å². The molecule has 0 bridgehead atoms. The quantitative estimate of drug-likeness (QED) is 0.885. The summed E-state index contributed by atoms with van der Waals surface area (Å²) in [5.74, 6) is 0.0643. The Bertz CT molecular complexity index is 581. The summed E-state index contributed by atoms with van der Waals surface area (Å²) in [6.45, 7) is 3.71. The number of amides is 1. The van der Waals surface area contributed by atoms with Crippen molar-refractivity contribution in [3.05, 3.63) is 71.3 Å². The zero-order valence-corrected chi connectivity index (χ0v) is 12.5. The summed E-state index contributed by atoms with van der Waals surface area (Å²) in [4.78, 5) is 14.5. The van der Waals surface area contributed by atoms with Crippen LogP contribution in [0.4, 0.5) is 0 Å². The first-order valence-corrected chi connectivity index (χ1v) is 7.31. The number of nitrogens with zero attached hydrogens (tertiary/aromatic N) is 1. The zero-order chi connectivity index (χ0) is 15.1. The van der Waals surface area contributed by atoms with Gasteiger partial charge in [-0.05, 0) is 30.5 Å². The Morgan fingerprint density at radius 3 is 2.33 bits per heavy atom. The fraction of sp³-hybridized carbons (Fsp3) is 0.278. The van der Waals surface area contributed by atoms with Crippen molar-refractivity contribution in [2.45, 2.75) is 13.3 Å². The lowest BCUT2D eigenvalue weighted by molar-refractivity contribution is 0.0761. The Labute approximate surface area is 126 Å². The molecule has 0 heterocycles. The molecule has 0 saturated heterocycles. The minimum atomic E-state index is 0.0643. The average molecular weight is 282 g/mol. The molecule has 0 radical (unpaired) electrons. The van der Waals surface area contributed by atoms with Crippen molar-refractivity contribution in [3.63, 3.8) is 0 Å². The second-order valence-electron chi connectivity index (χ2n) is 5.13. The molecule has 2 N–H and O–H groups in total. The SMILES string of the molecule is Cc1ccccc1C(=O)N(CCN)CCc1ccccc1. The largest absolute Gasteiger partial charge is 0.337 e. The highest BCUT2D eigenvalue weighted by Crippen LogP contribution is 2.11. The van der Waals surface area contributed by atoms with Gasteiger partial charge >= 0.3 is 0 Å². The van der Waals surface area contributed by atoms with E-state index in [1.165, 1.54) is 5.56 Å². The van der Waals surface area contributed by atoms with Crippen LogP contribution in [-0.4, -0.2) is 30.4 Å². The zero-order valence-electron chi connectivity index (χ0n) is 12.5. The molecular weight excluding hydrogens is 260 g/mol. The Balaban J connectivity index is 2.08. The molecule has 2 aromatic rings. The van der Waals surface area contributed by atoms with Gasteiger partial charge in [0.2, 0.25) is 0 Å². The third-order valence-electron chi connectivity index (χ3n) is 3.57. The second kappa shape index (κ2) is 7.60. The first-order valence-electron chi connectivity index (χ1n) is 7.31. The molecule has 110 valence electrons. The Kier molecular flexibility index (Phi) is 5.52. The molecule has 0 spiro atoms. The summed E-state index contributed by atoms with van der Waals surface area (Å²) in [5.41, 5.74) is 8.66. The first-order chi connectivity index (χ1) is 10.2. The molecule has 0 saturated carbocycles. The van der Waals surface area contributed by atoms with Crippen LogP contribution in [0.2, 0.25) is 0 Å². The molecule has 0 unspecified atom stereocenters. The first kappa shape index (κ1) is 15.3. The van der Waals surface area contributed by atoms with Crippen LogP contribution in [0.25, 0.3) is 0 Å².